The summed E-state index contributed by atoms with van der Waals surface area (Å²) >= 11 is 0. The number of amides is 2. The predicted octanol–water partition coefficient (Wildman–Crippen LogP) is 2.87. The van der Waals surface area contributed by atoms with Gasteiger partial charge >= 0.3 is 0 Å². The fourth-order valence-electron chi connectivity index (χ4n) is 2.86. The van der Waals surface area contributed by atoms with Crippen molar-refractivity contribution < 1.29 is 27.5 Å². The van der Waals surface area contributed by atoms with Crippen molar-refractivity contribution in [2.24, 2.45) is 5.92 Å². The second-order valence-electron chi connectivity index (χ2n) is 8.29. The minimum atomic E-state index is -3.74. The molecule has 0 saturated heterocycles. The summed E-state index contributed by atoms with van der Waals surface area (Å²) in [6.45, 7) is 8.33. The van der Waals surface area contributed by atoms with Crippen LogP contribution in [0.5, 0.6) is 11.5 Å². The quantitative estimate of drug-likeness (QED) is 0.416. The van der Waals surface area contributed by atoms with Crippen LogP contribution in [0.1, 0.15) is 48.2 Å². The van der Waals surface area contributed by atoms with Crippen LogP contribution in [0.25, 0.3) is 0 Å². The molecule has 2 rings (SSSR count). The van der Waals surface area contributed by atoms with Gasteiger partial charge in [-0.1, -0.05) is 19.9 Å². The summed E-state index contributed by atoms with van der Waals surface area (Å²) in [6.07, 6.45) is 0.731. The Hall–Kier alpha value is -3.11. The van der Waals surface area contributed by atoms with Gasteiger partial charge in [-0.3, -0.25) is 20.4 Å². The van der Waals surface area contributed by atoms with Gasteiger partial charge in [0.1, 0.15) is 0 Å². The second-order valence-corrected chi connectivity index (χ2v) is 10.1. The maximum absolute atomic E-state index is 12.4. The minimum absolute atomic E-state index is 0.118. The standard InChI is InChI=1S/C24H33N3O6S/c1-16(2)11-13-33-21-9-7-19(15-22(21)32-5)24(29)27-26-23(28)10-12-25-34(30,31)20-8-6-17(3)18(4)14-20/h6-9,14-16,25H,10-13H2,1-5H3,(H,26,28)(H,27,29). The van der Waals surface area contributed by atoms with Crippen molar-refractivity contribution in [3.8, 4) is 11.5 Å². The van der Waals surface area contributed by atoms with E-state index in [4.69, 9.17) is 9.47 Å². The fraction of sp³-hybridized carbons (Fsp3) is 0.417. The van der Waals surface area contributed by atoms with Crippen LogP contribution in [0.3, 0.4) is 0 Å². The Kier molecular flexibility index (Phi) is 9.88. The van der Waals surface area contributed by atoms with E-state index < -0.39 is 21.8 Å². The van der Waals surface area contributed by atoms with Gasteiger partial charge in [-0.05, 0) is 67.6 Å². The van der Waals surface area contributed by atoms with E-state index >= 15 is 0 Å². The normalized spacial score (nSPS) is 11.2. The maximum Gasteiger partial charge on any atom is 0.269 e. The molecule has 0 fully saturated rings. The summed E-state index contributed by atoms with van der Waals surface area (Å²) in [5, 5.41) is 0. The molecule has 0 aromatic heterocycles. The average molecular weight is 492 g/mol. The number of methoxy groups -OCH3 is 1. The van der Waals surface area contributed by atoms with Gasteiger partial charge in [0, 0.05) is 18.5 Å². The van der Waals surface area contributed by atoms with E-state index in [2.05, 4.69) is 29.4 Å². The zero-order valence-electron chi connectivity index (χ0n) is 20.2. The summed E-state index contributed by atoms with van der Waals surface area (Å²) < 4.78 is 38.1. The molecule has 10 heteroatoms. The van der Waals surface area contributed by atoms with Gasteiger partial charge in [-0.15, -0.1) is 0 Å². The first-order valence-corrected chi connectivity index (χ1v) is 12.5. The summed E-state index contributed by atoms with van der Waals surface area (Å²) in [4.78, 5) is 24.6. The molecule has 2 amide bonds. The molecule has 0 aliphatic rings. The molecule has 34 heavy (non-hydrogen) atoms. The summed E-state index contributed by atoms with van der Waals surface area (Å²) in [5.74, 6) is 0.345. The number of hydrogen-bond donors (Lipinski definition) is 3. The number of sulfonamides is 1. The van der Waals surface area contributed by atoms with Crippen LogP contribution in [-0.4, -0.2) is 40.5 Å². The lowest BCUT2D eigenvalue weighted by Crippen LogP contribution is -2.42. The monoisotopic (exact) mass is 491 g/mol. The lowest BCUT2D eigenvalue weighted by molar-refractivity contribution is -0.121. The highest BCUT2D eigenvalue weighted by molar-refractivity contribution is 7.89. The average Bonchev–Trinajstić information content (AvgIpc) is 2.79. The molecule has 0 unspecified atom stereocenters. The van der Waals surface area contributed by atoms with Crippen LogP contribution < -0.4 is 25.0 Å². The van der Waals surface area contributed by atoms with E-state index in [0.29, 0.717) is 24.0 Å². The van der Waals surface area contributed by atoms with Gasteiger partial charge in [0.15, 0.2) is 11.5 Å². The maximum atomic E-state index is 12.4. The highest BCUT2D eigenvalue weighted by Crippen LogP contribution is 2.28. The summed E-state index contributed by atoms with van der Waals surface area (Å²) in [7, 11) is -2.26. The Bertz CT molecular complexity index is 1120. The van der Waals surface area contributed by atoms with Crippen LogP contribution >= 0.6 is 0 Å². The minimum Gasteiger partial charge on any atom is -0.493 e. The first-order chi connectivity index (χ1) is 16.0. The molecule has 0 saturated carbocycles. The van der Waals surface area contributed by atoms with E-state index in [1.54, 1.807) is 24.3 Å². The summed E-state index contributed by atoms with van der Waals surface area (Å²) in [5.41, 5.74) is 6.70. The first kappa shape index (κ1) is 27.1. The third kappa shape index (κ3) is 8.03. The Morgan fingerprint density at radius 2 is 1.71 bits per heavy atom. The van der Waals surface area contributed by atoms with Crippen molar-refractivity contribution in [1.29, 1.82) is 0 Å². The largest absolute Gasteiger partial charge is 0.493 e. The van der Waals surface area contributed by atoms with Crippen molar-refractivity contribution >= 4 is 21.8 Å². The fourth-order valence-corrected chi connectivity index (χ4v) is 3.97. The molecule has 0 bridgehead atoms. The molecular weight excluding hydrogens is 458 g/mol. The van der Waals surface area contributed by atoms with Crippen LogP contribution in [0, 0.1) is 19.8 Å². The first-order valence-electron chi connectivity index (χ1n) is 11.0. The number of carbonyl (C=O) groups is 2. The Morgan fingerprint density at radius 1 is 0.971 bits per heavy atom. The molecule has 0 atom stereocenters. The third-order valence-electron chi connectivity index (χ3n) is 5.13. The van der Waals surface area contributed by atoms with E-state index in [-0.39, 0.29) is 23.4 Å². The molecule has 9 nitrogen and oxygen atoms in total. The van der Waals surface area contributed by atoms with E-state index in [1.807, 2.05) is 13.8 Å². The zero-order chi connectivity index (χ0) is 25.3. The Balaban J connectivity index is 1.84. The number of benzene rings is 2. The van der Waals surface area contributed by atoms with Gasteiger partial charge in [-0.25, -0.2) is 13.1 Å². The SMILES string of the molecule is COc1cc(C(=O)NNC(=O)CCNS(=O)(=O)c2ccc(C)c(C)c2)ccc1OCCC(C)C. The van der Waals surface area contributed by atoms with Gasteiger partial charge in [0.25, 0.3) is 5.91 Å². The lowest BCUT2D eigenvalue weighted by Gasteiger charge is -2.13. The molecule has 2 aromatic carbocycles. The second kappa shape index (κ2) is 12.4. The van der Waals surface area contributed by atoms with Crippen molar-refractivity contribution in [2.75, 3.05) is 20.3 Å². The van der Waals surface area contributed by atoms with Crippen LogP contribution in [-0.2, 0) is 14.8 Å². The van der Waals surface area contributed by atoms with Crippen LogP contribution in [0.15, 0.2) is 41.3 Å². The number of carbonyl (C=O) groups excluding carboxylic acids is 2. The Morgan fingerprint density at radius 3 is 2.35 bits per heavy atom. The molecule has 0 heterocycles. The lowest BCUT2D eigenvalue weighted by atomic mass is 10.1. The Labute approximate surface area is 201 Å². The van der Waals surface area contributed by atoms with Crippen molar-refractivity contribution in [2.45, 2.75) is 45.4 Å². The predicted molar refractivity (Wildman–Crippen MR) is 129 cm³/mol. The highest BCUT2D eigenvalue weighted by Gasteiger charge is 2.16. The number of nitrogens with one attached hydrogen (secondary N) is 3. The molecule has 0 aliphatic carbocycles. The molecule has 186 valence electrons. The molecule has 0 aliphatic heterocycles. The van der Waals surface area contributed by atoms with E-state index in [1.165, 1.54) is 19.2 Å². The number of hydrogen-bond acceptors (Lipinski definition) is 6. The zero-order valence-corrected chi connectivity index (χ0v) is 21.0. The molecule has 2 aromatic rings. The molecule has 0 radical (unpaired) electrons. The van der Waals surface area contributed by atoms with E-state index in [0.717, 1.165) is 17.5 Å². The molecule has 3 N–H and O–H groups in total. The number of rotatable bonds is 11. The van der Waals surface area contributed by atoms with Crippen molar-refractivity contribution in [3.05, 3.63) is 53.1 Å². The van der Waals surface area contributed by atoms with Gasteiger partial charge in [0.2, 0.25) is 15.9 Å². The van der Waals surface area contributed by atoms with Gasteiger partial charge in [-0.2, -0.15) is 0 Å². The van der Waals surface area contributed by atoms with Crippen LogP contribution in [0.4, 0.5) is 0 Å². The smallest absolute Gasteiger partial charge is 0.269 e. The van der Waals surface area contributed by atoms with Gasteiger partial charge in [0.05, 0.1) is 18.6 Å². The van der Waals surface area contributed by atoms with E-state index in [9.17, 15) is 18.0 Å². The number of hydrazine groups is 1. The topological polar surface area (TPSA) is 123 Å². The van der Waals surface area contributed by atoms with Crippen molar-refractivity contribution in [1.82, 2.24) is 15.6 Å². The summed E-state index contributed by atoms with van der Waals surface area (Å²) in [6, 6.07) is 9.53. The van der Waals surface area contributed by atoms with Crippen LogP contribution in [0.2, 0.25) is 0 Å². The van der Waals surface area contributed by atoms with Crippen molar-refractivity contribution in [3.63, 3.8) is 0 Å². The molecular formula is C24H33N3O6S. The molecule has 0 spiro atoms. The van der Waals surface area contributed by atoms with Gasteiger partial charge < -0.3 is 9.47 Å². The third-order valence-corrected chi connectivity index (χ3v) is 6.59. The number of ether oxygens (including phenoxy) is 2. The highest BCUT2D eigenvalue weighted by atomic mass is 32.2. The number of aryl methyl sites for hydroxylation is 2.